The van der Waals surface area contributed by atoms with E-state index in [0.717, 1.165) is 15.8 Å². The number of thiazole rings is 1. The fourth-order valence-electron chi connectivity index (χ4n) is 4.51. The van der Waals surface area contributed by atoms with Crippen LogP contribution in [0.3, 0.4) is 0 Å². The first kappa shape index (κ1) is 24.1. The zero-order valence-corrected chi connectivity index (χ0v) is 22.1. The number of aromatic nitrogens is 3. The number of rotatable bonds is 7. The van der Waals surface area contributed by atoms with Crippen LogP contribution in [0, 0.1) is 19.8 Å². The summed E-state index contributed by atoms with van der Waals surface area (Å²) < 4.78 is 30.5. The molecule has 4 aromatic rings. The number of nitrogens with zero attached hydrogens (tertiary/aromatic N) is 5. The molecule has 0 bridgehead atoms. The summed E-state index contributed by atoms with van der Waals surface area (Å²) in [6.45, 7) is 5.77. The number of anilines is 1. The van der Waals surface area contributed by atoms with Crippen LogP contribution in [0.15, 0.2) is 52.3 Å². The SMILES string of the molecule is Cc1cc(C)c2nc(N(CCn3cccn3)C(=O)C3CCN(S(=O)(=O)c4cccs4)CC3)sc2c1. The molecular formula is C24H27N5O3S3. The van der Waals surface area contributed by atoms with Gasteiger partial charge in [0.25, 0.3) is 10.0 Å². The molecule has 11 heteroatoms. The van der Waals surface area contributed by atoms with Crippen LogP contribution in [0.4, 0.5) is 5.13 Å². The lowest BCUT2D eigenvalue weighted by atomic mass is 9.96. The van der Waals surface area contributed by atoms with Crippen LogP contribution in [0.25, 0.3) is 10.2 Å². The van der Waals surface area contributed by atoms with Crippen molar-refractivity contribution in [3.8, 4) is 0 Å². The minimum absolute atomic E-state index is 0.00115. The number of hydrogen-bond acceptors (Lipinski definition) is 7. The molecule has 0 N–H and O–H groups in total. The largest absolute Gasteiger partial charge is 0.286 e. The monoisotopic (exact) mass is 529 g/mol. The number of fused-ring (bicyclic) bond motifs is 1. The van der Waals surface area contributed by atoms with Crippen molar-refractivity contribution in [1.29, 1.82) is 0 Å². The second kappa shape index (κ2) is 9.81. The Morgan fingerprint density at radius 3 is 2.69 bits per heavy atom. The number of hydrogen-bond donors (Lipinski definition) is 0. The van der Waals surface area contributed by atoms with Gasteiger partial charge in [-0.1, -0.05) is 23.5 Å². The standard InChI is InChI=1S/C24H27N5O3S3/c1-17-15-18(2)22-20(16-17)34-24(26-22)29(13-12-27-9-4-8-25-27)23(30)19-6-10-28(11-7-19)35(31,32)21-5-3-14-33-21/h3-5,8-9,14-16,19H,6-7,10-13H2,1-2H3. The van der Waals surface area contributed by atoms with Gasteiger partial charge in [-0.2, -0.15) is 9.40 Å². The van der Waals surface area contributed by atoms with Crippen LogP contribution in [0.5, 0.6) is 0 Å². The molecule has 8 nitrogen and oxygen atoms in total. The van der Waals surface area contributed by atoms with Gasteiger partial charge >= 0.3 is 0 Å². The normalized spacial score (nSPS) is 15.6. The minimum atomic E-state index is -3.50. The molecule has 3 aromatic heterocycles. The summed E-state index contributed by atoms with van der Waals surface area (Å²) in [5.41, 5.74) is 3.18. The van der Waals surface area contributed by atoms with Crippen LogP contribution in [-0.2, 0) is 21.4 Å². The first-order chi connectivity index (χ1) is 16.8. The number of carbonyl (C=O) groups is 1. The third kappa shape index (κ3) is 4.90. The molecule has 0 unspecified atom stereocenters. The van der Waals surface area contributed by atoms with E-state index in [1.165, 1.54) is 32.5 Å². The molecule has 1 fully saturated rings. The molecule has 1 aromatic carbocycles. The highest BCUT2D eigenvalue weighted by atomic mass is 32.2. The maximum Gasteiger partial charge on any atom is 0.252 e. The van der Waals surface area contributed by atoms with E-state index in [0.29, 0.717) is 48.4 Å². The topological polar surface area (TPSA) is 88.4 Å². The highest BCUT2D eigenvalue weighted by Gasteiger charge is 2.35. The smallest absolute Gasteiger partial charge is 0.252 e. The Hall–Kier alpha value is -2.60. The molecule has 4 heterocycles. The summed E-state index contributed by atoms with van der Waals surface area (Å²) in [5.74, 6) is -0.254. The van der Waals surface area contributed by atoms with Crippen molar-refractivity contribution in [1.82, 2.24) is 19.1 Å². The summed E-state index contributed by atoms with van der Waals surface area (Å²) in [6.07, 6.45) is 4.58. The van der Waals surface area contributed by atoms with E-state index >= 15 is 0 Å². The van der Waals surface area contributed by atoms with Crippen LogP contribution in [-0.4, -0.2) is 53.0 Å². The van der Waals surface area contributed by atoms with Gasteiger partial charge in [0.05, 0.1) is 16.8 Å². The Morgan fingerprint density at radius 2 is 2.00 bits per heavy atom. The van der Waals surface area contributed by atoms with Gasteiger partial charge < -0.3 is 0 Å². The van der Waals surface area contributed by atoms with Crippen molar-refractivity contribution >= 4 is 54.0 Å². The quantitative estimate of drug-likeness (QED) is 0.356. The van der Waals surface area contributed by atoms with Gasteiger partial charge in [0.1, 0.15) is 4.21 Å². The van der Waals surface area contributed by atoms with Crippen LogP contribution >= 0.6 is 22.7 Å². The van der Waals surface area contributed by atoms with Crippen LogP contribution in [0.2, 0.25) is 0 Å². The molecule has 0 saturated carbocycles. The second-order valence-electron chi connectivity index (χ2n) is 8.79. The molecule has 0 atom stereocenters. The first-order valence-corrected chi connectivity index (χ1v) is 14.7. The number of benzene rings is 1. The third-order valence-electron chi connectivity index (χ3n) is 6.32. The summed E-state index contributed by atoms with van der Waals surface area (Å²) in [5, 5.41) is 6.72. The molecule has 5 rings (SSSR count). The van der Waals surface area contributed by atoms with E-state index < -0.39 is 10.0 Å². The lowest BCUT2D eigenvalue weighted by Crippen LogP contribution is -2.45. The zero-order chi connectivity index (χ0) is 24.6. The van der Waals surface area contributed by atoms with Crippen molar-refractivity contribution in [2.75, 3.05) is 24.5 Å². The lowest BCUT2D eigenvalue weighted by molar-refractivity contribution is -0.123. The van der Waals surface area contributed by atoms with E-state index in [9.17, 15) is 13.2 Å². The third-order valence-corrected chi connectivity index (χ3v) is 10.6. The van der Waals surface area contributed by atoms with E-state index in [4.69, 9.17) is 4.98 Å². The number of carbonyl (C=O) groups excluding carboxylic acids is 1. The molecular weight excluding hydrogens is 502 g/mol. The molecule has 1 aliphatic heterocycles. The summed E-state index contributed by atoms with van der Waals surface area (Å²) in [4.78, 5) is 20.4. The fourth-order valence-corrected chi connectivity index (χ4v) is 8.30. The molecule has 184 valence electrons. The van der Waals surface area contributed by atoms with Crippen LogP contribution < -0.4 is 4.90 Å². The molecule has 1 amide bonds. The van der Waals surface area contributed by atoms with Crippen molar-refractivity contribution in [3.63, 3.8) is 0 Å². The Bertz CT molecular complexity index is 1420. The van der Waals surface area contributed by atoms with Gasteiger partial charge in [-0.15, -0.1) is 11.3 Å². The maximum absolute atomic E-state index is 13.8. The Balaban J connectivity index is 1.37. The van der Waals surface area contributed by atoms with E-state index in [1.807, 2.05) is 19.2 Å². The van der Waals surface area contributed by atoms with Gasteiger partial charge in [-0.3, -0.25) is 14.4 Å². The molecule has 1 saturated heterocycles. The van der Waals surface area contributed by atoms with Gasteiger partial charge in [-0.25, -0.2) is 13.4 Å². The van der Waals surface area contributed by atoms with Gasteiger partial charge in [0.15, 0.2) is 5.13 Å². The van der Waals surface area contributed by atoms with Gasteiger partial charge in [0, 0.05) is 37.9 Å². The fraction of sp³-hybridized carbons (Fsp3) is 0.375. The highest BCUT2D eigenvalue weighted by molar-refractivity contribution is 7.91. The van der Waals surface area contributed by atoms with Crippen molar-refractivity contribution in [2.45, 2.75) is 37.4 Å². The molecule has 0 aliphatic carbocycles. The summed E-state index contributed by atoms with van der Waals surface area (Å²) in [6, 6.07) is 9.44. The predicted octanol–water partition coefficient (Wildman–Crippen LogP) is 4.31. The average molecular weight is 530 g/mol. The summed E-state index contributed by atoms with van der Waals surface area (Å²) in [7, 11) is -3.50. The number of sulfonamides is 1. The highest BCUT2D eigenvalue weighted by Crippen LogP contribution is 2.34. The van der Waals surface area contributed by atoms with Gasteiger partial charge in [0.2, 0.25) is 5.91 Å². The molecule has 0 spiro atoms. The number of amides is 1. The Kier molecular flexibility index (Phi) is 6.75. The van der Waals surface area contributed by atoms with Gasteiger partial charge in [-0.05, 0) is 61.4 Å². The predicted molar refractivity (Wildman–Crippen MR) is 139 cm³/mol. The van der Waals surface area contributed by atoms with Crippen LogP contribution in [0.1, 0.15) is 24.0 Å². The lowest BCUT2D eigenvalue weighted by Gasteiger charge is -2.32. The maximum atomic E-state index is 13.8. The number of piperidine rings is 1. The van der Waals surface area contributed by atoms with Crippen molar-refractivity contribution in [3.05, 3.63) is 59.2 Å². The Labute approximate surface area is 212 Å². The zero-order valence-electron chi connectivity index (χ0n) is 19.6. The molecule has 1 aliphatic rings. The Morgan fingerprint density at radius 1 is 1.20 bits per heavy atom. The first-order valence-electron chi connectivity index (χ1n) is 11.5. The van der Waals surface area contributed by atoms with Crippen molar-refractivity contribution in [2.24, 2.45) is 5.92 Å². The van der Waals surface area contributed by atoms with E-state index in [1.54, 1.807) is 33.3 Å². The molecule has 35 heavy (non-hydrogen) atoms. The minimum Gasteiger partial charge on any atom is -0.286 e. The summed E-state index contributed by atoms with van der Waals surface area (Å²) >= 11 is 2.75. The second-order valence-corrected chi connectivity index (χ2v) is 12.9. The van der Waals surface area contributed by atoms with E-state index in [2.05, 4.69) is 24.2 Å². The van der Waals surface area contributed by atoms with E-state index in [-0.39, 0.29) is 11.8 Å². The average Bonchev–Trinajstić information content (AvgIpc) is 3.61. The van der Waals surface area contributed by atoms with Crippen molar-refractivity contribution < 1.29 is 13.2 Å². The number of thiophene rings is 1. The molecule has 0 radical (unpaired) electrons. The number of aryl methyl sites for hydroxylation is 2.